The van der Waals surface area contributed by atoms with Crippen LogP contribution >= 0.6 is 11.8 Å². The second-order valence-electron chi connectivity index (χ2n) is 7.35. The van der Waals surface area contributed by atoms with Crippen LogP contribution in [-0.2, 0) is 11.2 Å². The molecule has 1 amide bonds. The minimum absolute atomic E-state index is 0.0246. The third-order valence-corrected chi connectivity index (χ3v) is 5.87. The Morgan fingerprint density at radius 3 is 2.43 bits per heavy atom. The topological polar surface area (TPSA) is 69.0 Å². The van der Waals surface area contributed by atoms with Crippen molar-refractivity contribution in [1.29, 1.82) is 0 Å². The highest BCUT2D eigenvalue weighted by atomic mass is 32.2. The van der Waals surface area contributed by atoms with Gasteiger partial charge >= 0.3 is 0 Å². The van der Waals surface area contributed by atoms with E-state index in [-0.39, 0.29) is 23.6 Å². The van der Waals surface area contributed by atoms with E-state index in [0.717, 1.165) is 23.4 Å². The molecule has 1 unspecified atom stereocenters. The highest BCUT2D eigenvalue weighted by Gasteiger charge is 2.19. The van der Waals surface area contributed by atoms with Crippen molar-refractivity contribution in [2.24, 2.45) is 5.92 Å². The molecule has 0 saturated heterocycles. The van der Waals surface area contributed by atoms with Crippen LogP contribution < -0.4 is 10.1 Å². The summed E-state index contributed by atoms with van der Waals surface area (Å²) in [6, 6.07) is 16.1. The average Bonchev–Trinajstić information content (AvgIpc) is 3.24. The van der Waals surface area contributed by atoms with Crippen molar-refractivity contribution in [3.05, 3.63) is 66.0 Å². The van der Waals surface area contributed by atoms with Gasteiger partial charge in [-0.1, -0.05) is 56.8 Å². The summed E-state index contributed by atoms with van der Waals surface area (Å²) in [5, 5.41) is 12.0. The number of amides is 1. The Labute approximate surface area is 182 Å². The van der Waals surface area contributed by atoms with Crippen molar-refractivity contribution in [1.82, 2.24) is 20.1 Å². The first kappa shape index (κ1) is 21.9. The summed E-state index contributed by atoms with van der Waals surface area (Å²) < 4.78 is 7.06. The number of carbonyl (C=O) groups is 1. The molecule has 1 heterocycles. The van der Waals surface area contributed by atoms with Gasteiger partial charge in [0, 0.05) is 5.69 Å². The number of nitrogens with zero attached hydrogens (tertiary/aromatic N) is 3. The molecule has 7 heteroatoms. The fourth-order valence-corrected chi connectivity index (χ4v) is 3.92. The molecule has 0 spiro atoms. The van der Waals surface area contributed by atoms with Crippen LogP contribution in [0.5, 0.6) is 5.75 Å². The number of benzene rings is 2. The largest absolute Gasteiger partial charge is 0.497 e. The number of carbonyl (C=O) groups excluding carboxylic acids is 1. The molecule has 3 rings (SSSR count). The van der Waals surface area contributed by atoms with E-state index >= 15 is 0 Å². The maximum atomic E-state index is 12.7. The Morgan fingerprint density at radius 1 is 1.13 bits per heavy atom. The molecule has 3 aromatic rings. The van der Waals surface area contributed by atoms with Crippen LogP contribution in [0.25, 0.3) is 5.69 Å². The smallest absolute Gasteiger partial charge is 0.230 e. The highest BCUT2D eigenvalue weighted by molar-refractivity contribution is 7.99. The summed E-state index contributed by atoms with van der Waals surface area (Å²) in [4.78, 5) is 12.7. The van der Waals surface area contributed by atoms with Crippen LogP contribution in [0, 0.1) is 5.92 Å². The van der Waals surface area contributed by atoms with Gasteiger partial charge in [0.15, 0.2) is 5.16 Å². The lowest BCUT2D eigenvalue weighted by atomic mass is 9.95. The number of methoxy groups -OCH3 is 1. The monoisotopic (exact) mass is 424 g/mol. The van der Waals surface area contributed by atoms with Gasteiger partial charge in [-0.05, 0) is 47.7 Å². The van der Waals surface area contributed by atoms with Crippen molar-refractivity contribution in [3.63, 3.8) is 0 Å². The van der Waals surface area contributed by atoms with E-state index in [1.165, 1.54) is 17.3 Å². The fourth-order valence-electron chi connectivity index (χ4n) is 3.18. The first-order chi connectivity index (χ1) is 14.5. The average molecular weight is 425 g/mol. The molecule has 1 N–H and O–H groups in total. The number of hydrogen-bond donors (Lipinski definition) is 1. The molecule has 0 aliphatic rings. The Hall–Kier alpha value is -2.80. The quantitative estimate of drug-likeness (QED) is 0.514. The van der Waals surface area contributed by atoms with Gasteiger partial charge in [0.2, 0.25) is 5.91 Å². The molecule has 0 fully saturated rings. The number of thioether (sulfide) groups is 1. The number of hydrogen-bond acceptors (Lipinski definition) is 5. The van der Waals surface area contributed by atoms with Crippen molar-refractivity contribution in [3.8, 4) is 11.4 Å². The molecule has 0 aliphatic heterocycles. The van der Waals surface area contributed by atoms with Crippen LogP contribution in [0.3, 0.4) is 0 Å². The third-order valence-electron chi connectivity index (χ3n) is 4.93. The number of rotatable bonds is 9. The van der Waals surface area contributed by atoms with Gasteiger partial charge in [0.1, 0.15) is 12.1 Å². The maximum Gasteiger partial charge on any atom is 0.230 e. The van der Waals surface area contributed by atoms with Gasteiger partial charge < -0.3 is 10.1 Å². The minimum Gasteiger partial charge on any atom is -0.497 e. The molecule has 0 saturated carbocycles. The van der Waals surface area contributed by atoms with Gasteiger partial charge in [0.25, 0.3) is 0 Å². The van der Waals surface area contributed by atoms with Gasteiger partial charge in [-0.2, -0.15) is 0 Å². The van der Waals surface area contributed by atoms with Gasteiger partial charge in [0.05, 0.1) is 18.9 Å². The molecule has 0 radical (unpaired) electrons. The lowest BCUT2D eigenvalue weighted by molar-refractivity contribution is -0.119. The van der Waals surface area contributed by atoms with Gasteiger partial charge in [-0.3, -0.25) is 9.36 Å². The Balaban J connectivity index is 1.64. The van der Waals surface area contributed by atoms with Crippen molar-refractivity contribution in [2.45, 2.75) is 38.4 Å². The lowest BCUT2D eigenvalue weighted by Gasteiger charge is -2.23. The standard InChI is InChI=1S/C23H28N4O2S/c1-5-17-6-8-18(9-7-17)22(16(2)3)25-21(28)14-30-23-26-24-15-27(23)19-10-12-20(29-4)13-11-19/h6-13,15-16,22H,5,14H2,1-4H3,(H,25,28). The van der Waals surface area contributed by atoms with E-state index < -0.39 is 0 Å². The minimum atomic E-state index is -0.0254. The van der Waals surface area contributed by atoms with Crippen LogP contribution in [-0.4, -0.2) is 33.5 Å². The van der Waals surface area contributed by atoms with Crippen molar-refractivity contribution < 1.29 is 9.53 Å². The zero-order chi connectivity index (χ0) is 21.5. The van der Waals surface area contributed by atoms with Gasteiger partial charge in [-0.25, -0.2) is 0 Å². The molecular weight excluding hydrogens is 396 g/mol. The SMILES string of the molecule is CCc1ccc(C(NC(=O)CSc2nncn2-c2ccc(OC)cc2)C(C)C)cc1. The maximum absolute atomic E-state index is 12.7. The highest BCUT2D eigenvalue weighted by Crippen LogP contribution is 2.24. The third kappa shape index (κ3) is 5.42. The van der Waals surface area contributed by atoms with E-state index in [1.54, 1.807) is 13.4 Å². The summed E-state index contributed by atoms with van der Waals surface area (Å²) in [6.07, 6.45) is 2.65. The summed E-state index contributed by atoms with van der Waals surface area (Å²) in [5.41, 5.74) is 3.34. The zero-order valence-electron chi connectivity index (χ0n) is 17.8. The summed E-state index contributed by atoms with van der Waals surface area (Å²) in [6.45, 7) is 6.37. The second-order valence-corrected chi connectivity index (χ2v) is 8.30. The van der Waals surface area contributed by atoms with E-state index in [2.05, 4.69) is 60.6 Å². The molecular formula is C23H28N4O2S. The Kier molecular flexibility index (Phi) is 7.52. The van der Waals surface area contributed by atoms with Gasteiger partial charge in [-0.15, -0.1) is 10.2 Å². The predicted molar refractivity (Wildman–Crippen MR) is 120 cm³/mol. The van der Waals surface area contributed by atoms with Crippen LogP contribution in [0.4, 0.5) is 0 Å². The van der Waals surface area contributed by atoms with E-state index in [9.17, 15) is 4.79 Å². The first-order valence-electron chi connectivity index (χ1n) is 10.1. The number of aryl methyl sites for hydroxylation is 1. The van der Waals surface area contributed by atoms with E-state index in [1.807, 2.05) is 28.8 Å². The second kappa shape index (κ2) is 10.3. The van der Waals surface area contributed by atoms with Crippen LogP contribution in [0.15, 0.2) is 60.0 Å². The summed E-state index contributed by atoms with van der Waals surface area (Å²) in [5.74, 6) is 1.31. The van der Waals surface area contributed by atoms with Crippen molar-refractivity contribution >= 4 is 17.7 Å². The molecule has 6 nitrogen and oxygen atoms in total. The number of ether oxygens (including phenoxy) is 1. The zero-order valence-corrected chi connectivity index (χ0v) is 18.6. The van der Waals surface area contributed by atoms with Crippen LogP contribution in [0.1, 0.15) is 37.9 Å². The normalized spacial score (nSPS) is 12.0. The molecule has 158 valence electrons. The number of aromatic nitrogens is 3. The molecule has 1 aromatic heterocycles. The van der Waals surface area contributed by atoms with Crippen molar-refractivity contribution in [2.75, 3.05) is 12.9 Å². The fraction of sp³-hybridized carbons (Fsp3) is 0.348. The summed E-state index contributed by atoms with van der Waals surface area (Å²) in [7, 11) is 1.64. The van der Waals surface area contributed by atoms with E-state index in [0.29, 0.717) is 5.16 Å². The first-order valence-corrected chi connectivity index (χ1v) is 11.1. The predicted octanol–water partition coefficient (Wildman–Crippen LogP) is 4.44. The summed E-state index contributed by atoms with van der Waals surface area (Å²) >= 11 is 1.37. The molecule has 0 aliphatic carbocycles. The molecule has 0 bridgehead atoms. The molecule has 1 atom stereocenters. The lowest BCUT2D eigenvalue weighted by Crippen LogP contribution is -2.33. The molecule has 2 aromatic carbocycles. The Bertz CT molecular complexity index is 952. The molecule has 30 heavy (non-hydrogen) atoms. The number of nitrogens with one attached hydrogen (secondary N) is 1. The Morgan fingerprint density at radius 2 is 1.83 bits per heavy atom. The van der Waals surface area contributed by atoms with Crippen LogP contribution in [0.2, 0.25) is 0 Å². The van der Waals surface area contributed by atoms with E-state index in [4.69, 9.17) is 4.74 Å².